The zero-order valence-corrected chi connectivity index (χ0v) is 16.9. The van der Waals surface area contributed by atoms with Gasteiger partial charge in [-0.3, -0.25) is 9.59 Å². The van der Waals surface area contributed by atoms with Crippen molar-refractivity contribution < 1.29 is 14.4 Å². The van der Waals surface area contributed by atoms with E-state index >= 15 is 0 Å². The van der Waals surface area contributed by atoms with Crippen LogP contribution in [0.2, 0.25) is 5.02 Å². The number of hydrogen-bond acceptors (Lipinski definition) is 4. The number of anilines is 1. The Kier molecular flexibility index (Phi) is 6.17. The number of fused-ring (bicyclic) bond motifs is 1. The van der Waals surface area contributed by atoms with Gasteiger partial charge in [0.15, 0.2) is 0 Å². The van der Waals surface area contributed by atoms with Gasteiger partial charge in [-0.25, -0.2) is 9.69 Å². The average molecular weight is 427 g/mol. The molecule has 3 N–H and O–H groups in total. The number of rotatable bonds is 4. The largest absolute Gasteiger partial charge is 0.342 e. The van der Waals surface area contributed by atoms with E-state index < -0.39 is 12.1 Å². The number of hydrogen-bond donors (Lipinski definition) is 2. The molecule has 9 heteroatoms. The Balaban J connectivity index is 0.00000225. The highest BCUT2D eigenvalue weighted by atomic mass is 35.5. The van der Waals surface area contributed by atoms with Crippen molar-refractivity contribution in [2.24, 2.45) is 17.6 Å². The van der Waals surface area contributed by atoms with Crippen LogP contribution in [0.25, 0.3) is 0 Å². The van der Waals surface area contributed by atoms with E-state index in [1.807, 2.05) is 4.90 Å². The van der Waals surface area contributed by atoms with Gasteiger partial charge in [-0.2, -0.15) is 0 Å². The lowest BCUT2D eigenvalue weighted by atomic mass is 9.98. The fourth-order valence-corrected chi connectivity index (χ4v) is 4.62. The summed E-state index contributed by atoms with van der Waals surface area (Å²) in [7, 11) is 0. The Hall–Kier alpha value is -1.83. The molecule has 4 amide bonds. The van der Waals surface area contributed by atoms with Crippen molar-refractivity contribution in [3.8, 4) is 0 Å². The van der Waals surface area contributed by atoms with Gasteiger partial charge in [0, 0.05) is 30.6 Å². The summed E-state index contributed by atoms with van der Waals surface area (Å²) in [6.45, 7) is 1.48. The van der Waals surface area contributed by atoms with Gasteiger partial charge in [-0.15, -0.1) is 12.4 Å². The molecule has 4 rings (SSSR count). The molecule has 2 heterocycles. The van der Waals surface area contributed by atoms with Crippen LogP contribution >= 0.6 is 24.0 Å². The van der Waals surface area contributed by atoms with E-state index in [-0.39, 0.29) is 36.7 Å². The molecule has 3 fully saturated rings. The number of nitrogens with one attached hydrogen (secondary N) is 1. The van der Waals surface area contributed by atoms with Crippen LogP contribution in [0.3, 0.4) is 0 Å². The number of nitrogens with zero attached hydrogens (tertiary/aromatic N) is 2. The van der Waals surface area contributed by atoms with Crippen LogP contribution in [0.5, 0.6) is 0 Å². The van der Waals surface area contributed by atoms with E-state index in [1.165, 1.54) is 0 Å². The van der Waals surface area contributed by atoms with E-state index in [9.17, 15) is 14.4 Å². The zero-order valence-electron chi connectivity index (χ0n) is 15.3. The van der Waals surface area contributed by atoms with E-state index in [2.05, 4.69) is 5.32 Å². The second-order valence-corrected chi connectivity index (χ2v) is 8.09. The standard InChI is InChI=1S/C19H23ClN4O3.ClH/c20-12-2-4-13(5-3-12)24-18(26)16(22-19(24)27)7-8-17(25)23-9-11-1-6-15(21)14(11)10-23;/h2-5,11,14-16H,1,6-10,21H2,(H,22,27);1H. The van der Waals surface area contributed by atoms with Crippen LogP contribution in [-0.4, -0.2) is 47.9 Å². The maximum Gasteiger partial charge on any atom is 0.329 e. The van der Waals surface area contributed by atoms with Gasteiger partial charge in [0.2, 0.25) is 5.91 Å². The van der Waals surface area contributed by atoms with Gasteiger partial charge >= 0.3 is 6.03 Å². The molecule has 3 aliphatic rings. The van der Waals surface area contributed by atoms with Crippen molar-refractivity contribution in [2.75, 3.05) is 18.0 Å². The van der Waals surface area contributed by atoms with Crippen LogP contribution in [0, 0.1) is 11.8 Å². The SMILES string of the molecule is Cl.NC1CCC2CN(C(=O)CCC3NC(=O)N(c4ccc(Cl)cc4)C3=O)CC12. The zero-order chi connectivity index (χ0) is 19.1. The Labute approximate surface area is 175 Å². The van der Waals surface area contributed by atoms with Crippen LogP contribution in [0.15, 0.2) is 24.3 Å². The number of nitrogens with two attached hydrogens (primary N) is 1. The summed E-state index contributed by atoms with van der Waals surface area (Å²) in [5, 5.41) is 3.20. The summed E-state index contributed by atoms with van der Waals surface area (Å²) >= 11 is 5.86. The molecule has 0 aromatic heterocycles. The van der Waals surface area contributed by atoms with E-state index in [4.69, 9.17) is 17.3 Å². The first-order valence-electron chi connectivity index (χ1n) is 9.37. The van der Waals surface area contributed by atoms with Crippen LogP contribution in [0.4, 0.5) is 10.5 Å². The number of likely N-dealkylation sites (tertiary alicyclic amines) is 1. The minimum Gasteiger partial charge on any atom is -0.342 e. The highest BCUT2D eigenvalue weighted by molar-refractivity contribution is 6.30. The van der Waals surface area contributed by atoms with Crippen molar-refractivity contribution in [3.63, 3.8) is 0 Å². The predicted octanol–water partition coefficient (Wildman–Crippen LogP) is 2.16. The lowest BCUT2D eigenvalue weighted by Gasteiger charge is -2.19. The van der Waals surface area contributed by atoms with Gasteiger partial charge in [-0.1, -0.05) is 11.6 Å². The molecule has 2 aliphatic heterocycles. The minimum absolute atomic E-state index is 0. The molecule has 1 aliphatic carbocycles. The van der Waals surface area contributed by atoms with Crippen LogP contribution in [0.1, 0.15) is 25.7 Å². The average Bonchev–Trinajstić information content (AvgIpc) is 3.29. The van der Waals surface area contributed by atoms with Gasteiger partial charge in [0.25, 0.3) is 5.91 Å². The first-order chi connectivity index (χ1) is 12.9. The van der Waals surface area contributed by atoms with E-state index in [0.29, 0.717) is 35.5 Å². The molecule has 1 saturated carbocycles. The number of urea groups is 1. The van der Waals surface area contributed by atoms with E-state index in [0.717, 1.165) is 24.3 Å². The lowest BCUT2D eigenvalue weighted by Crippen LogP contribution is -2.35. The number of amides is 4. The third kappa shape index (κ3) is 3.83. The van der Waals surface area contributed by atoms with Gasteiger partial charge in [-0.05, 0) is 55.4 Å². The summed E-state index contributed by atoms with van der Waals surface area (Å²) in [6, 6.07) is 5.55. The molecule has 7 nitrogen and oxygen atoms in total. The minimum atomic E-state index is -0.679. The van der Waals surface area contributed by atoms with Crippen molar-refractivity contribution in [3.05, 3.63) is 29.3 Å². The second kappa shape index (κ2) is 8.27. The molecule has 0 radical (unpaired) electrons. The number of carbonyl (C=O) groups is 3. The Morgan fingerprint density at radius 3 is 2.57 bits per heavy atom. The smallest absolute Gasteiger partial charge is 0.329 e. The molecule has 2 saturated heterocycles. The number of imide groups is 1. The molecular weight excluding hydrogens is 403 g/mol. The monoisotopic (exact) mass is 426 g/mol. The van der Waals surface area contributed by atoms with Crippen molar-refractivity contribution in [1.29, 1.82) is 0 Å². The Morgan fingerprint density at radius 2 is 1.89 bits per heavy atom. The van der Waals surface area contributed by atoms with Crippen LogP contribution < -0.4 is 16.0 Å². The topological polar surface area (TPSA) is 95.7 Å². The van der Waals surface area contributed by atoms with Crippen molar-refractivity contribution >= 4 is 47.5 Å². The predicted molar refractivity (Wildman–Crippen MR) is 109 cm³/mol. The quantitative estimate of drug-likeness (QED) is 0.720. The number of carbonyl (C=O) groups excluding carboxylic acids is 3. The highest BCUT2D eigenvalue weighted by Gasteiger charge is 2.43. The molecule has 28 heavy (non-hydrogen) atoms. The van der Waals surface area contributed by atoms with Gasteiger partial charge in [0.05, 0.1) is 5.69 Å². The Bertz CT molecular complexity index is 773. The maximum absolute atomic E-state index is 12.6. The summed E-state index contributed by atoms with van der Waals surface area (Å²) in [6.07, 6.45) is 2.66. The van der Waals surface area contributed by atoms with Gasteiger partial charge in [0.1, 0.15) is 6.04 Å². The third-order valence-corrected chi connectivity index (χ3v) is 6.27. The first kappa shape index (κ1) is 20.9. The third-order valence-electron chi connectivity index (χ3n) is 6.02. The highest BCUT2D eigenvalue weighted by Crippen LogP contribution is 2.37. The summed E-state index contributed by atoms with van der Waals surface area (Å²) in [4.78, 5) is 40.3. The molecular formula is C19H24Cl2N4O3. The summed E-state index contributed by atoms with van der Waals surface area (Å²) in [5.41, 5.74) is 6.59. The summed E-state index contributed by atoms with van der Waals surface area (Å²) in [5.74, 6) is 0.610. The number of halogens is 2. The summed E-state index contributed by atoms with van der Waals surface area (Å²) < 4.78 is 0. The normalized spacial score (nSPS) is 28.9. The molecule has 4 unspecified atom stereocenters. The van der Waals surface area contributed by atoms with E-state index in [1.54, 1.807) is 24.3 Å². The molecule has 0 spiro atoms. The van der Waals surface area contributed by atoms with Gasteiger partial charge < -0.3 is 16.0 Å². The van der Waals surface area contributed by atoms with Crippen molar-refractivity contribution in [2.45, 2.75) is 37.8 Å². The molecule has 152 valence electrons. The molecule has 1 aromatic rings. The maximum atomic E-state index is 12.6. The van der Waals surface area contributed by atoms with Crippen LogP contribution in [-0.2, 0) is 9.59 Å². The molecule has 0 bridgehead atoms. The lowest BCUT2D eigenvalue weighted by molar-refractivity contribution is -0.130. The molecule has 1 aromatic carbocycles. The fourth-order valence-electron chi connectivity index (χ4n) is 4.50. The van der Waals surface area contributed by atoms with Crippen molar-refractivity contribution in [1.82, 2.24) is 10.2 Å². The first-order valence-corrected chi connectivity index (χ1v) is 9.75. The number of benzene rings is 1. The molecule has 4 atom stereocenters. The Morgan fingerprint density at radius 1 is 1.18 bits per heavy atom. The fraction of sp³-hybridized carbons (Fsp3) is 0.526. The second-order valence-electron chi connectivity index (χ2n) is 7.65.